The Hall–Kier alpha value is -1.44. The normalized spacial score (nSPS) is 17.0. The SMILES string of the molecule is Cc1ccc(C(=O)N2CCN(CC(C)(C)C)CC2)cc1S(=O)(=O)N(C)C. The molecule has 1 saturated heterocycles. The molecule has 6 nitrogen and oxygen atoms in total. The summed E-state index contributed by atoms with van der Waals surface area (Å²) in [5.41, 5.74) is 1.31. The molecule has 7 heteroatoms. The van der Waals surface area contributed by atoms with Gasteiger partial charge in [0.1, 0.15) is 0 Å². The van der Waals surface area contributed by atoms with Gasteiger partial charge >= 0.3 is 0 Å². The molecule has 0 bridgehead atoms. The lowest BCUT2D eigenvalue weighted by atomic mass is 9.96. The summed E-state index contributed by atoms with van der Waals surface area (Å²) >= 11 is 0. The third-order valence-corrected chi connectivity index (χ3v) is 6.51. The molecule has 1 fully saturated rings. The molecule has 26 heavy (non-hydrogen) atoms. The van der Waals surface area contributed by atoms with Crippen LogP contribution in [0.1, 0.15) is 36.7 Å². The van der Waals surface area contributed by atoms with Crippen molar-refractivity contribution in [3.8, 4) is 0 Å². The first-order valence-corrected chi connectivity index (χ1v) is 10.4. The van der Waals surface area contributed by atoms with E-state index in [1.165, 1.54) is 24.5 Å². The van der Waals surface area contributed by atoms with E-state index in [4.69, 9.17) is 0 Å². The Labute approximate surface area is 157 Å². The van der Waals surface area contributed by atoms with Crippen LogP contribution in [0.15, 0.2) is 23.1 Å². The number of hydrogen-bond acceptors (Lipinski definition) is 4. The van der Waals surface area contributed by atoms with Gasteiger partial charge in [0.05, 0.1) is 4.90 Å². The number of carbonyl (C=O) groups excluding carboxylic acids is 1. The summed E-state index contributed by atoms with van der Waals surface area (Å²) in [7, 11) is -0.574. The van der Waals surface area contributed by atoms with E-state index in [0.717, 1.165) is 19.6 Å². The molecule has 0 aromatic heterocycles. The molecule has 0 radical (unpaired) electrons. The van der Waals surface area contributed by atoms with Crippen LogP contribution in [-0.2, 0) is 10.0 Å². The first-order valence-electron chi connectivity index (χ1n) is 8.96. The lowest BCUT2D eigenvalue weighted by Gasteiger charge is -2.37. The standard InChI is InChI=1S/C19H31N3O3S/c1-15-7-8-16(13-17(15)26(24,25)20(5)6)18(23)22-11-9-21(10-12-22)14-19(2,3)4/h7-8,13H,9-12,14H2,1-6H3. The molecule has 1 aliphatic rings. The summed E-state index contributed by atoms with van der Waals surface area (Å²) in [5.74, 6) is -0.101. The van der Waals surface area contributed by atoms with E-state index in [2.05, 4.69) is 25.7 Å². The largest absolute Gasteiger partial charge is 0.336 e. The highest BCUT2D eigenvalue weighted by atomic mass is 32.2. The fraction of sp³-hybridized carbons (Fsp3) is 0.632. The molecule has 0 saturated carbocycles. The zero-order valence-electron chi connectivity index (χ0n) is 16.7. The van der Waals surface area contributed by atoms with E-state index in [9.17, 15) is 13.2 Å². The van der Waals surface area contributed by atoms with Crippen LogP contribution in [0.3, 0.4) is 0 Å². The molecule has 0 aliphatic carbocycles. The summed E-state index contributed by atoms with van der Waals surface area (Å²) in [6.07, 6.45) is 0. The van der Waals surface area contributed by atoms with Gasteiger partial charge in [-0.2, -0.15) is 0 Å². The molecule has 1 aliphatic heterocycles. The third-order valence-electron chi connectivity index (χ3n) is 4.55. The van der Waals surface area contributed by atoms with Gasteiger partial charge in [-0.3, -0.25) is 9.69 Å². The van der Waals surface area contributed by atoms with Crippen molar-refractivity contribution < 1.29 is 13.2 Å². The minimum atomic E-state index is -3.57. The maximum Gasteiger partial charge on any atom is 0.253 e. The predicted molar refractivity (Wildman–Crippen MR) is 104 cm³/mol. The zero-order chi connectivity index (χ0) is 19.7. The predicted octanol–water partition coefficient (Wildman–Crippen LogP) is 2.05. The van der Waals surface area contributed by atoms with Crippen LogP contribution in [0.4, 0.5) is 0 Å². The Morgan fingerprint density at radius 1 is 1.12 bits per heavy atom. The summed E-state index contributed by atoms with van der Waals surface area (Å²) in [5, 5.41) is 0. The highest BCUT2D eigenvalue weighted by molar-refractivity contribution is 7.89. The minimum Gasteiger partial charge on any atom is -0.336 e. The van der Waals surface area contributed by atoms with Crippen molar-refractivity contribution in [3.05, 3.63) is 29.3 Å². The quantitative estimate of drug-likeness (QED) is 0.801. The van der Waals surface area contributed by atoms with Gasteiger partial charge in [0.15, 0.2) is 0 Å². The van der Waals surface area contributed by atoms with Crippen molar-refractivity contribution in [3.63, 3.8) is 0 Å². The van der Waals surface area contributed by atoms with Crippen molar-refractivity contribution in [2.45, 2.75) is 32.6 Å². The maximum absolute atomic E-state index is 12.9. The van der Waals surface area contributed by atoms with E-state index < -0.39 is 10.0 Å². The van der Waals surface area contributed by atoms with E-state index in [1.54, 1.807) is 19.1 Å². The van der Waals surface area contributed by atoms with Crippen LogP contribution in [-0.4, -0.2) is 75.2 Å². The smallest absolute Gasteiger partial charge is 0.253 e. The second-order valence-electron chi connectivity index (χ2n) is 8.40. The number of piperazine rings is 1. The molecule has 146 valence electrons. The Morgan fingerprint density at radius 2 is 1.69 bits per heavy atom. The number of aryl methyl sites for hydroxylation is 1. The number of carbonyl (C=O) groups is 1. The van der Waals surface area contributed by atoms with E-state index in [0.29, 0.717) is 24.2 Å². The van der Waals surface area contributed by atoms with Crippen LogP contribution in [0, 0.1) is 12.3 Å². The Balaban J connectivity index is 2.14. The molecule has 0 N–H and O–H groups in total. The highest BCUT2D eigenvalue weighted by Crippen LogP contribution is 2.22. The monoisotopic (exact) mass is 381 g/mol. The summed E-state index contributed by atoms with van der Waals surface area (Å²) in [6, 6.07) is 4.93. The average Bonchev–Trinajstić information content (AvgIpc) is 2.53. The second-order valence-corrected chi connectivity index (χ2v) is 10.5. The second kappa shape index (κ2) is 7.66. The molecule has 2 rings (SSSR count). The van der Waals surface area contributed by atoms with Crippen LogP contribution in [0.5, 0.6) is 0 Å². The Kier molecular flexibility index (Phi) is 6.15. The van der Waals surface area contributed by atoms with Crippen molar-refractivity contribution in [1.29, 1.82) is 0 Å². The topological polar surface area (TPSA) is 60.9 Å². The van der Waals surface area contributed by atoms with Crippen LogP contribution in [0.25, 0.3) is 0 Å². The summed E-state index contributed by atoms with van der Waals surface area (Å²) in [6.45, 7) is 12.4. The first-order chi connectivity index (χ1) is 11.9. The maximum atomic E-state index is 12.9. The van der Waals surface area contributed by atoms with Gasteiger partial charge < -0.3 is 4.90 Å². The van der Waals surface area contributed by atoms with Crippen molar-refractivity contribution in [1.82, 2.24) is 14.1 Å². The van der Waals surface area contributed by atoms with Gasteiger partial charge in [-0.1, -0.05) is 26.8 Å². The molecular weight excluding hydrogens is 350 g/mol. The lowest BCUT2D eigenvalue weighted by Crippen LogP contribution is -2.50. The van der Waals surface area contributed by atoms with Crippen LogP contribution in [0.2, 0.25) is 0 Å². The number of benzene rings is 1. The fourth-order valence-corrected chi connectivity index (χ4v) is 4.31. The molecule has 1 aromatic carbocycles. The molecule has 1 aromatic rings. The van der Waals surface area contributed by atoms with Crippen LogP contribution < -0.4 is 0 Å². The van der Waals surface area contributed by atoms with Gasteiger partial charge in [-0.25, -0.2) is 12.7 Å². The molecule has 1 heterocycles. The lowest BCUT2D eigenvalue weighted by molar-refractivity contribution is 0.0592. The highest BCUT2D eigenvalue weighted by Gasteiger charge is 2.26. The number of rotatable bonds is 4. The number of nitrogens with zero attached hydrogens (tertiary/aromatic N) is 3. The van der Waals surface area contributed by atoms with Gasteiger partial charge in [0.25, 0.3) is 5.91 Å². The Bertz CT molecular complexity index is 759. The molecular formula is C19H31N3O3S. The molecule has 0 unspecified atom stereocenters. The van der Waals surface area contributed by atoms with Gasteiger partial charge in [0, 0.05) is 52.4 Å². The van der Waals surface area contributed by atoms with E-state index >= 15 is 0 Å². The number of amides is 1. The van der Waals surface area contributed by atoms with Gasteiger partial charge in [-0.05, 0) is 30.0 Å². The average molecular weight is 382 g/mol. The van der Waals surface area contributed by atoms with Gasteiger partial charge in [0.2, 0.25) is 10.0 Å². The minimum absolute atomic E-state index is 0.101. The zero-order valence-corrected chi connectivity index (χ0v) is 17.6. The molecule has 0 spiro atoms. The third kappa shape index (κ3) is 4.84. The Morgan fingerprint density at radius 3 is 2.19 bits per heavy atom. The molecule has 0 atom stereocenters. The van der Waals surface area contributed by atoms with Crippen LogP contribution >= 0.6 is 0 Å². The fourth-order valence-electron chi connectivity index (χ4n) is 3.17. The van der Waals surface area contributed by atoms with Gasteiger partial charge in [-0.15, -0.1) is 0 Å². The molecule has 1 amide bonds. The van der Waals surface area contributed by atoms with E-state index in [-0.39, 0.29) is 16.2 Å². The van der Waals surface area contributed by atoms with E-state index in [1.807, 2.05) is 4.90 Å². The summed E-state index contributed by atoms with van der Waals surface area (Å²) in [4.78, 5) is 17.2. The number of sulfonamides is 1. The van der Waals surface area contributed by atoms with Crippen molar-refractivity contribution in [2.75, 3.05) is 46.8 Å². The number of hydrogen-bond donors (Lipinski definition) is 0. The first kappa shape index (κ1) is 20.9. The summed E-state index contributed by atoms with van der Waals surface area (Å²) < 4.78 is 26.1. The van der Waals surface area contributed by atoms with Crippen molar-refractivity contribution in [2.24, 2.45) is 5.41 Å². The van der Waals surface area contributed by atoms with Crippen molar-refractivity contribution >= 4 is 15.9 Å².